The predicted octanol–water partition coefficient (Wildman–Crippen LogP) is 4.74. The molecule has 1 heterocycles. The lowest BCUT2D eigenvalue weighted by atomic mass is 10.2. The highest BCUT2D eigenvalue weighted by Crippen LogP contribution is 2.27. The van der Waals surface area contributed by atoms with Crippen LogP contribution in [0.3, 0.4) is 0 Å². The molecule has 0 spiro atoms. The number of aromatic nitrogens is 1. The average molecular weight is 299 g/mol. The Morgan fingerprint density at radius 2 is 1.61 bits per heavy atom. The largest absolute Gasteiger partial charge is 0.353 e. The summed E-state index contributed by atoms with van der Waals surface area (Å²) in [5, 5.41) is 4.48. The van der Waals surface area contributed by atoms with Crippen molar-refractivity contribution in [2.45, 2.75) is 0 Å². The first-order chi connectivity index (χ1) is 8.83. The van der Waals surface area contributed by atoms with Gasteiger partial charge in [0, 0.05) is 11.1 Å². The number of nitrogens with one attached hydrogen (secondary N) is 1. The van der Waals surface area contributed by atoms with Gasteiger partial charge in [0.25, 0.3) is 0 Å². The van der Waals surface area contributed by atoms with Gasteiger partial charge in [-0.2, -0.15) is 0 Å². The van der Waals surface area contributed by atoms with Crippen molar-refractivity contribution in [3.8, 4) is 0 Å². The van der Waals surface area contributed by atoms with E-state index in [0.717, 1.165) is 26.9 Å². The van der Waals surface area contributed by atoms with E-state index in [4.69, 9.17) is 0 Å². The third kappa shape index (κ3) is 2.22. The van der Waals surface area contributed by atoms with Gasteiger partial charge in [-0.15, -0.1) is 0 Å². The molecule has 3 heteroatoms. The molecule has 0 bridgehead atoms. The number of hydrogen-bond acceptors (Lipinski definition) is 2. The molecule has 0 radical (unpaired) electrons. The second-order valence-corrected chi connectivity index (χ2v) is 4.76. The first kappa shape index (κ1) is 11.2. The summed E-state index contributed by atoms with van der Waals surface area (Å²) in [5.74, 6) is 0. The summed E-state index contributed by atoms with van der Waals surface area (Å²) in [6, 6.07) is 20.2. The molecule has 2 aromatic carbocycles. The summed E-state index contributed by atoms with van der Waals surface area (Å²) in [6.07, 6.45) is 0. The van der Waals surface area contributed by atoms with Crippen molar-refractivity contribution in [1.82, 2.24) is 4.98 Å². The quantitative estimate of drug-likeness (QED) is 0.691. The second-order valence-electron chi connectivity index (χ2n) is 4.01. The van der Waals surface area contributed by atoms with Crippen LogP contribution in [0.15, 0.2) is 65.3 Å². The highest BCUT2D eigenvalue weighted by atomic mass is 79.9. The predicted molar refractivity (Wildman–Crippen MR) is 79.2 cm³/mol. The van der Waals surface area contributed by atoms with Gasteiger partial charge in [0.15, 0.2) is 0 Å². The number of halogens is 1. The number of para-hydroxylation sites is 2. The molecule has 0 unspecified atom stereocenters. The van der Waals surface area contributed by atoms with Crippen LogP contribution < -0.4 is 5.32 Å². The molecule has 0 amide bonds. The van der Waals surface area contributed by atoms with Crippen LogP contribution in [-0.4, -0.2) is 4.98 Å². The van der Waals surface area contributed by atoms with Gasteiger partial charge in [0.2, 0.25) is 0 Å². The van der Waals surface area contributed by atoms with Gasteiger partial charge in [-0.25, -0.2) is 4.98 Å². The van der Waals surface area contributed by atoms with Crippen LogP contribution in [0, 0.1) is 0 Å². The number of fused-ring (bicyclic) bond motifs is 1. The van der Waals surface area contributed by atoms with E-state index in [1.165, 1.54) is 0 Å². The Morgan fingerprint density at radius 3 is 2.44 bits per heavy atom. The fourth-order valence-corrected chi connectivity index (χ4v) is 2.26. The Balaban J connectivity index is 2.04. The fourth-order valence-electron chi connectivity index (χ4n) is 1.86. The van der Waals surface area contributed by atoms with E-state index in [2.05, 4.69) is 38.4 Å². The minimum Gasteiger partial charge on any atom is -0.353 e. The summed E-state index contributed by atoms with van der Waals surface area (Å²) < 4.78 is 0.824. The van der Waals surface area contributed by atoms with Crippen molar-refractivity contribution in [2.24, 2.45) is 0 Å². The maximum Gasteiger partial charge on any atom is 0.130 e. The highest BCUT2D eigenvalue weighted by Gasteiger charge is 2.04. The molecular formula is C15H11BrN2. The molecule has 0 atom stereocenters. The molecule has 3 aromatic rings. The summed E-state index contributed by atoms with van der Waals surface area (Å²) in [7, 11) is 0. The van der Waals surface area contributed by atoms with Crippen LogP contribution in [0.25, 0.3) is 10.9 Å². The number of nitrogens with zero attached hydrogens (tertiary/aromatic N) is 1. The van der Waals surface area contributed by atoms with Gasteiger partial charge < -0.3 is 5.32 Å². The summed E-state index contributed by atoms with van der Waals surface area (Å²) >= 11 is 3.50. The Hall–Kier alpha value is -1.87. The lowest BCUT2D eigenvalue weighted by Gasteiger charge is -2.09. The monoisotopic (exact) mass is 298 g/mol. The molecule has 1 N–H and O–H groups in total. The van der Waals surface area contributed by atoms with Crippen LogP contribution in [0.2, 0.25) is 0 Å². The van der Waals surface area contributed by atoms with Crippen molar-refractivity contribution in [3.63, 3.8) is 0 Å². The van der Waals surface area contributed by atoms with Crippen molar-refractivity contribution in [1.29, 1.82) is 0 Å². The SMILES string of the molecule is Brc1nc2ccccc2cc1Nc1ccccc1. The lowest BCUT2D eigenvalue weighted by molar-refractivity contribution is 1.34. The Bertz CT molecular complexity index is 680. The van der Waals surface area contributed by atoms with Crippen LogP contribution in [0.1, 0.15) is 0 Å². The highest BCUT2D eigenvalue weighted by molar-refractivity contribution is 9.10. The molecule has 1 aromatic heterocycles. The van der Waals surface area contributed by atoms with Crippen molar-refractivity contribution in [3.05, 3.63) is 65.3 Å². The van der Waals surface area contributed by atoms with Gasteiger partial charge in [0.05, 0.1) is 11.2 Å². The van der Waals surface area contributed by atoms with Gasteiger partial charge in [-0.05, 0) is 40.2 Å². The maximum atomic E-state index is 4.53. The van der Waals surface area contributed by atoms with E-state index >= 15 is 0 Å². The Kier molecular flexibility index (Phi) is 2.99. The van der Waals surface area contributed by atoms with Crippen LogP contribution >= 0.6 is 15.9 Å². The molecule has 0 saturated carbocycles. The van der Waals surface area contributed by atoms with Gasteiger partial charge in [0.1, 0.15) is 4.60 Å². The minimum absolute atomic E-state index is 0.824. The Labute approximate surface area is 114 Å². The standard InChI is InChI=1S/C15H11BrN2/c16-15-14(17-12-7-2-1-3-8-12)10-11-6-4-5-9-13(11)18-15/h1-10,17H. The second kappa shape index (κ2) is 4.78. The van der Waals surface area contributed by atoms with Gasteiger partial charge in [-0.3, -0.25) is 0 Å². The molecule has 0 fully saturated rings. The van der Waals surface area contributed by atoms with E-state index < -0.39 is 0 Å². The van der Waals surface area contributed by atoms with Gasteiger partial charge >= 0.3 is 0 Å². The molecule has 3 rings (SSSR count). The average Bonchev–Trinajstić information content (AvgIpc) is 2.41. The summed E-state index contributed by atoms with van der Waals surface area (Å²) in [4.78, 5) is 4.53. The number of hydrogen-bond donors (Lipinski definition) is 1. The van der Waals surface area contributed by atoms with Gasteiger partial charge in [-0.1, -0.05) is 36.4 Å². The van der Waals surface area contributed by atoms with Crippen molar-refractivity contribution in [2.75, 3.05) is 5.32 Å². The molecule has 0 aliphatic heterocycles. The van der Waals surface area contributed by atoms with E-state index in [1.54, 1.807) is 0 Å². The first-order valence-electron chi connectivity index (χ1n) is 5.70. The minimum atomic E-state index is 0.824. The van der Waals surface area contributed by atoms with E-state index in [1.807, 2.05) is 48.5 Å². The van der Waals surface area contributed by atoms with E-state index in [-0.39, 0.29) is 0 Å². The zero-order chi connectivity index (χ0) is 12.4. The molecule has 0 aliphatic rings. The van der Waals surface area contributed by atoms with E-state index in [9.17, 15) is 0 Å². The number of pyridine rings is 1. The molecule has 18 heavy (non-hydrogen) atoms. The summed E-state index contributed by atoms with van der Waals surface area (Å²) in [6.45, 7) is 0. The van der Waals surface area contributed by atoms with Crippen molar-refractivity contribution < 1.29 is 0 Å². The Morgan fingerprint density at radius 1 is 0.889 bits per heavy atom. The fraction of sp³-hybridized carbons (Fsp3) is 0. The van der Waals surface area contributed by atoms with E-state index in [0.29, 0.717) is 0 Å². The molecular weight excluding hydrogens is 288 g/mol. The first-order valence-corrected chi connectivity index (χ1v) is 6.49. The van der Waals surface area contributed by atoms with Crippen LogP contribution in [0.4, 0.5) is 11.4 Å². The summed E-state index contributed by atoms with van der Waals surface area (Å²) in [5.41, 5.74) is 3.01. The molecule has 88 valence electrons. The third-order valence-electron chi connectivity index (χ3n) is 2.73. The number of rotatable bonds is 2. The molecule has 0 saturated heterocycles. The maximum absolute atomic E-state index is 4.53. The normalized spacial score (nSPS) is 10.5. The lowest BCUT2D eigenvalue weighted by Crippen LogP contribution is -1.93. The van der Waals surface area contributed by atoms with Crippen LogP contribution in [-0.2, 0) is 0 Å². The zero-order valence-corrected chi connectivity index (χ0v) is 11.2. The molecule has 2 nitrogen and oxygen atoms in total. The topological polar surface area (TPSA) is 24.9 Å². The number of anilines is 2. The van der Waals surface area contributed by atoms with Crippen molar-refractivity contribution >= 4 is 38.2 Å². The molecule has 0 aliphatic carbocycles. The number of benzene rings is 2. The zero-order valence-electron chi connectivity index (χ0n) is 9.60. The third-order valence-corrected chi connectivity index (χ3v) is 3.33. The van der Waals surface area contributed by atoms with Crippen LogP contribution in [0.5, 0.6) is 0 Å². The smallest absolute Gasteiger partial charge is 0.130 e.